The minimum atomic E-state index is 0.705. The fraction of sp³-hybridized carbons (Fsp3) is 0.615. The molecule has 0 aromatic carbocycles. The van der Waals surface area contributed by atoms with Crippen LogP contribution in [0.2, 0.25) is 0 Å². The van der Waals surface area contributed by atoms with Crippen LogP contribution in [0, 0.1) is 5.92 Å². The Bertz CT molecular complexity index is 283. The van der Waals surface area contributed by atoms with Gasteiger partial charge < -0.3 is 5.73 Å². The van der Waals surface area contributed by atoms with Gasteiger partial charge in [0.1, 0.15) is 0 Å². The highest BCUT2D eigenvalue weighted by molar-refractivity contribution is 5.98. The van der Waals surface area contributed by atoms with Crippen molar-refractivity contribution in [2.45, 2.75) is 40.5 Å². The summed E-state index contributed by atoms with van der Waals surface area (Å²) in [5, 5.41) is 0. The molecule has 0 aromatic rings. The van der Waals surface area contributed by atoms with E-state index in [9.17, 15) is 0 Å². The molecule has 0 saturated carbocycles. The number of hydrogen-bond acceptors (Lipinski definition) is 2. The van der Waals surface area contributed by atoms with Gasteiger partial charge in [0, 0.05) is 7.05 Å². The van der Waals surface area contributed by atoms with Crippen LogP contribution in [0.4, 0.5) is 0 Å². The molecule has 86 valence electrons. The van der Waals surface area contributed by atoms with Crippen LogP contribution in [0.15, 0.2) is 28.4 Å². The summed E-state index contributed by atoms with van der Waals surface area (Å²) in [5.41, 5.74) is 9.83. The Morgan fingerprint density at radius 2 is 1.87 bits per heavy atom. The molecular formula is C13H24N2. The van der Waals surface area contributed by atoms with Gasteiger partial charge in [0.2, 0.25) is 0 Å². The monoisotopic (exact) mass is 208 g/mol. The van der Waals surface area contributed by atoms with Crippen molar-refractivity contribution in [3.05, 3.63) is 23.4 Å². The van der Waals surface area contributed by atoms with Gasteiger partial charge in [-0.1, -0.05) is 26.0 Å². The third-order valence-corrected chi connectivity index (χ3v) is 2.68. The van der Waals surface area contributed by atoms with E-state index in [-0.39, 0.29) is 0 Å². The number of hydrogen-bond donors (Lipinski definition) is 1. The SMILES string of the molecule is C=C(CCC(C)C)/C(C)=C(/N)C(C)=NC. The van der Waals surface area contributed by atoms with Crippen LogP contribution in [0.5, 0.6) is 0 Å². The van der Waals surface area contributed by atoms with Crippen LogP contribution in [-0.2, 0) is 0 Å². The van der Waals surface area contributed by atoms with Gasteiger partial charge in [0.05, 0.1) is 11.4 Å². The first-order chi connectivity index (χ1) is 6.90. The quantitative estimate of drug-likeness (QED) is 0.546. The summed E-state index contributed by atoms with van der Waals surface area (Å²) >= 11 is 0. The summed E-state index contributed by atoms with van der Waals surface area (Å²) in [5.74, 6) is 0.705. The molecule has 0 heterocycles. The first-order valence-electron chi connectivity index (χ1n) is 5.48. The highest BCUT2D eigenvalue weighted by Gasteiger charge is 2.05. The molecule has 0 unspecified atom stereocenters. The predicted molar refractivity (Wildman–Crippen MR) is 69.1 cm³/mol. The summed E-state index contributed by atoms with van der Waals surface area (Å²) in [6.07, 6.45) is 2.17. The van der Waals surface area contributed by atoms with Crippen LogP contribution >= 0.6 is 0 Å². The fourth-order valence-electron chi connectivity index (χ4n) is 1.23. The van der Waals surface area contributed by atoms with E-state index in [0.29, 0.717) is 5.92 Å². The van der Waals surface area contributed by atoms with Crippen molar-refractivity contribution in [2.24, 2.45) is 16.6 Å². The molecule has 0 fully saturated rings. The van der Waals surface area contributed by atoms with E-state index in [0.717, 1.165) is 35.4 Å². The van der Waals surface area contributed by atoms with Gasteiger partial charge in [-0.2, -0.15) is 0 Å². The van der Waals surface area contributed by atoms with Crippen molar-refractivity contribution in [1.82, 2.24) is 0 Å². The van der Waals surface area contributed by atoms with Gasteiger partial charge >= 0.3 is 0 Å². The summed E-state index contributed by atoms with van der Waals surface area (Å²) in [4.78, 5) is 4.08. The minimum Gasteiger partial charge on any atom is -0.397 e. The fourth-order valence-corrected chi connectivity index (χ4v) is 1.23. The number of aliphatic imine (C=N–C) groups is 1. The first-order valence-corrected chi connectivity index (χ1v) is 5.48. The van der Waals surface area contributed by atoms with E-state index in [1.165, 1.54) is 0 Å². The van der Waals surface area contributed by atoms with E-state index >= 15 is 0 Å². The van der Waals surface area contributed by atoms with Gasteiger partial charge in [-0.05, 0) is 38.2 Å². The average Bonchev–Trinajstić information content (AvgIpc) is 2.22. The Morgan fingerprint density at radius 3 is 2.27 bits per heavy atom. The lowest BCUT2D eigenvalue weighted by molar-refractivity contribution is 0.586. The second-order valence-electron chi connectivity index (χ2n) is 4.38. The van der Waals surface area contributed by atoms with E-state index in [1.54, 1.807) is 7.05 Å². The zero-order valence-corrected chi connectivity index (χ0v) is 10.7. The largest absolute Gasteiger partial charge is 0.397 e. The molecule has 0 aliphatic heterocycles. The summed E-state index contributed by atoms with van der Waals surface area (Å²) in [7, 11) is 1.76. The second kappa shape index (κ2) is 6.44. The summed E-state index contributed by atoms with van der Waals surface area (Å²) in [6.45, 7) is 12.5. The molecule has 0 bridgehead atoms. The number of nitrogens with zero attached hydrogens (tertiary/aromatic N) is 1. The van der Waals surface area contributed by atoms with E-state index < -0.39 is 0 Å². The standard InChI is InChI=1S/C13H24N2/c1-9(2)7-8-10(3)11(4)13(14)12(5)15-6/h9H,3,7-8,14H2,1-2,4-6H3/b13-11+,15-12?. The third kappa shape index (κ3) is 4.82. The predicted octanol–water partition coefficient (Wildman–Crippen LogP) is 3.30. The zero-order chi connectivity index (χ0) is 12.0. The Kier molecular flexibility index (Phi) is 5.99. The smallest absolute Gasteiger partial charge is 0.0557 e. The highest BCUT2D eigenvalue weighted by atomic mass is 14.7. The number of nitrogens with two attached hydrogens (primary N) is 1. The van der Waals surface area contributed by atoms with Crippen LogP contribution in [0.1, 0.15) is 40.5 Å². The zero-order valence-electron chi connectivity index (χ0n) is 10.7. The molecule has 0 saturated heterocycles. The molecule has 0 atom stereocenters. The van der Waals surface area contributed by atoms with Crippen LogP contribution < -0.4 is 5.73 Å². The Hall–Kier alpha value is -1.05. The Labute approximate surface area is 94.0 Å². The maximum Gasteiger partial charge on any atom is 0.0557 e. The normalized spacial score (nSPS) is 14.1. The van der Waals surface area contributed by atoms with Crippen LogP contribution in [0.25, 0.3) is 0 Å². The Balaban J connectivity index is 4.56. The summed E-state index contributed by atoms with van der Waals surface area (Å²) in [6, 6.07) is 0. The van der Waals surface area contributed by atoms with Crippen molar-refractivity contribution >= 4 is 5.71 Å². The van der Waals surface area contributed by atoms with Gasteiger partial charge in [0.25, 0.3) is 0 Å². The number of rotatable bonds is 5. The van der Waals surface area contributed by atoms with Crippen LogP contribution in [-0.4, -0.2) is 12.8 Å². The van der Waals surface area contributed by atoms with Gasteiger partial charge in [-0.3, -0.25) is 4.99 Å². The van der Waals surface area contributed by atoms with Gasteiger partial charge in [0.15, 0.2) is 0 Å². The molecule has 0 aromatic heterocycles. The van der Waals surface area contributed by atoms with E-state index in [1.807, 2.05) is 13.8 Å². The van der Waals surface area contributed by atoms with Crippen molar-refractivity contribution in [2.75, 3.05) is 7.05 Å². The van der Waals surface area contributed by atoms with Gasteiger partial charge in [-0.15, -0.1) is 0 Å². The van der Waals surface area contributed by atoms with Crippen molar-refractivity contribution in [3.63, 3.8) is 0 Å². The van der Waals surface area contributed by atoms with Gasteiger partial charge in [-0.25, -0.2) is 0 Å². The molecule has 0 aliphatic rings. The lowest BCUT2D eigenvalue weighted by Gasteiger charge is -2.11. The van der Waals surface area contributed by atoms with Crippen molar-refractivity contribution in [1.29, 1.82) is 0 Å². The maximum atomic E-state index is 5.97. The third-order valence-electron chi connectivity index (χ3n) is 2.68. The molecule has 0 amide bonds. The molecule has 0 aliphatic carbocycles. The minimum absolute atomic E-state index is 0.705. The molecule has 2 N–H and O–H groups in total. The summed E-state index contributed by atoms with van der Waals surface area (Å²) < 4.78 is 0. The lowest BCUT2D eigenvalue weighted by Crippen LogP contribution is -2.11. The van der Waals surface area contributed by atoms with Crippen molar-refractivity contribution < 1.29 is 0 Å². The van der Waals surface area contributed by atoms with E-state index in [4.69, 9.17) is 5.73 Å². The topological polar surface area (TPSA) is 38.4 Å². The van der Waals surface area contributed by atoms with Crippen LogP contribution in [0.3, 0.4) is 0 Å². The maximum absolute atomic E-state index is 5.97. The molecule has 0 spiro atoms. The molecule has 0 radical (unpaired) electrons. The number of allylic oxidation sites excluding steroid dienone is 3. The van der Waals surface area contributed by atoms with Crippen molar-refractivity contribution in [3.8, 4) is 0 Å². The molecule has 0 rings (SSSR count). The van der Waals surface area contributed by atoms with E-state index in [2.05, 4.69) is 25.4 Å². The first kappa shape index (κ1) is 13.9. The lowest BCUT2D eigenvalue weighted by atomic mass is 9.97. The Morgan fingerprint density at radius 1 is 1.33 bits per heavy atom. The average molecular weight is 208 g/mol. The molecule has 2 nitrogen and oxygen atoms in total. The highest BCUT2D eigenvalue weighted by Crippen LogP contribution is 2.18. The molecular weight excluding hydrogens is 184 g/mol. The molecule has 15 heavy (non-hydrogen) atoms. The molecule has 2 heteroatoms. The second-order valence-corrected chi connectivity index (χ2v) is 4.38.